The van der Waals surface area contributed by atoms with Crippen LogP contribution in [0.15, 0.2) is 34.8 Å². The Hall–Kier alpha value is -1.95. The van der Waals surface area contributed by atoms with E-state index in [0.29, 0.717) is 0 Å². The number of halogens is 1. The summed E-state index contributed by atoms with van der Waals surface area (Å²) in [5, 5.41) is 2.23. The lowest BCUT2D eigenvalue weighted by molar-refractivity contribution is -0.153. The first-order valence-corrected chi connectivity index (χ1v) is 7.20. The van der Waals surface area contributed by atoms with Crippen molar-refractivity contribution in [2.45, 2.75) is 19.4 Å². The first-order chi connectivity index (χ1) is 9.82. The summed E-state index contributed by atoms with van der Waals surface area (Å²) in [5.41, 5.74) is -0.208. The molecular formula is C15H15BrN2O3. The monoisotopic (exact) mass is 350 g/mol. The van der Waals surface area contributed by atoms with Crippen molar-refractivity contribution in [2.24, 2.45) is 0 Å². The largest absolute Gasteiger partial charge is 0.316 e. The zero-order valence-corrected chi connectivity index (χ0v) is 13.3. The highest BCUT2D eigenvalue weighted by molar-refractivity contribution is 9.10. The van der Waals surface area contributed by atoms with Crippen molar-refractivity contribution >= 4 is 39.7 Å². The van der Waals surface area contributed by atoms with Gasteiger partial charge in [-0.2, -0.15) is 0 Å². The molecule has 0 bridgehead atoms. The molecule has 0 aromatic heterocycles. The van der Waals surface area contributed by atoms with Gasteiger partial charge < -0.3 is 4.90 Å². The normalized spacial score (nSPS) is 18.0. The van der Waals surface area contributed by atoms with Gasteiger partial charge in [-0.3, -0.25) is 19.7 Å². The van der Waals surface area contributed by atoms with E-state index >= 15 is 0 Å². The average molecular weight is 351 g/mol. The molecule has 3 amide bonds. The van der Waals surface area contributed by atoms with E-state index in [2.05, 4.69) is 21.2 Å². The van der Waals surface area contributed by atoms with Gasteiger partial charge in [-0.25, -0.2) is 0 Å². The Balaban J connectivity index is 2.21. The summed E-state index contributed by atoms with van der Waals surface area (Å²) in [7, 11) is 0. The molecule has 2 rings (SSSR count). The fourth-order valence-corrected chi connectivity index (χ4v) is 2.41. The van der Waals surface area contributed by atoms with E-state index in [1.54, 1.807) is 19.9 Å². The van der Waals surface area contributed by atoms with Crippen LogP contribution in [0.1, 0.15) is 19.4 Å². The quantitative estimate of drug-likeness (QED) is 0.652. The summed E-state index contributed by atoms with van der Waals surface area (Å²) in [6.07, 6.45) is 3.02. The number of benzene rings is 1. The number of nitrogens with zero attached hydrogens (tertiary/aromatic N) is 1. The Labute approximate surface area is 131 Å². The van der Waals surface area contributed by atoms with Crippen LogP contribution in [0.25, 0.3) is 6.08 Å². The molecule has 1 saturated heterocycles. The van der Waals surface area contributed by atoms with Crippen molar-refractivity contribution in [1.29, 1.82) is 0 Å². The minimum Gasteiger partial charge on any atom is -0.316 e. The van der Waals surface area contributed by atoms with Crippen molar-refractivity contribution in [1.82, 2.24) is 10.2 Å². The van der Waals surface area contributed by atoms with E-state index in [-0.39, 0.29) is 12.5 Å². The van der Waals surface area contributed by atoms with Crippen molar-refractivity contribution in [3.05, 3.63) is 40.4 Å². The van der Waals surface area contributed by atoms with E-state index in [9.17, 15) is 14.4 Å². The van der Waals surface area contributed by atoms with Crippen LogP contribution in [0.2, 0.25) is 0 Å². The number of piperazine rings is 1. The van der Waals surface area contributed by atoms with Gasteiger partial charge in [-0.05, 0) is 31.6 Å². The Bertz CT molecular complexity index is 638. The minimum absolute atomic E-state index is 0.127. The fraction of sp³-hybridized carbons (Fsp3) is 0.267. The maximum Gasteiger partial charge on any atom is 0.252 e. The molecular weight excluding hydrogens is 336 g/mol. The predicted octanol–water partition coefficient (Wildman–Crippen LogP) is 1.73. The third kappa shape index (κ3) is 3.21. The summed E-state index contributed by atoms with van der Waals surface area (Å²) in [4.78, 5) is 36.8. The van der Waals surface area contributed by atoms with Crippen molar-refractivity contribution in [3.63, 3.8) is 0 Å². The van der Waals surface area contributed by atoms with Gasteiger partial charge in [0.2, 0.25) is 11.8 Å². The lowest BCUT2D eigenvalue weighted by Crippen LogP contribution is -2.65. The summed E-state index contributed by atoms with van der Waals surface area (Å²) >= 11 is 3.39. The standard InChI is InChI=1S/C15H15BrN2O3/c1-15(2)14(21)17-12(19)9-18(15)13(20)8-7-10-5-3-4-6-11(10)16/h3-8H,9H2,1-2H3,(H,17,19,21). The molecule has 0 radical (unpaired) electrons. The lowest BCUT2D eigenvalue weighted by Gasteiger charge is -2.39. The van der Waals surface area contributed by atoms with Gasteiger partial charge >= 0.3 is 0 Å². The molecule has 1 heterocycles. The maximum absolute atomic E-state index is 12.3. The van der Waals surface area contributed by atoms with Crippen LogP contribution in [0.3, 0.4) is 0 Å². The average Bonchev–Trinajstić information content (AvgIpc) is 2.42. The van der Waals surface area contributed by atoms with E-state index in [1.807, 2.05) is 24.3 Å². The molecule has 1 N–H and O–H groups in total. The fourth-order valence-electron chi connectivity index (χ4n) is 2.00. The van der Waals surface area contributed by atoms with Crippen LogP contribution in [0, 0.1) is 0 Å². The van der Waals surface area contributed by atoms with Crippen LogP contribution in [-0.2, 0) is 14.4 Å². The highest BCUT2D eigenvalue weighted by atomic mass is 79.9. The molecule has 1 aliphatic rings. The van der Waals surface area contributed by atoms with Gasteiger partial charge in [0.05, 0.1) is 0 Å². The van der Waals surface area contributed by atoms with E-state index in [4.69, 9.17) is 0 Å². The third-order valence-electron chi connectivity index (χ3n) is 3.36. The van der Waals surface area contributed by atoms with E-state index in [0.717, 1.165) is 10.0 Å². The van der Waals surface area contributed by atoms with E-state index in [1.165, 1.54) is 11.0 Å². The number of hydrogen-bond donors (Lipinski definition) is 1. The Morgan fingerprint density at radius 2 is 2.00 bits per heavy atom. The topological polar surface area (TPSA) is 66.5 Å². The van der Waals surface area contributed by atoms with Gasteiger partial charge in [-0.1, -0.05) is 34.1 Å². The second-order valence-corrected chi connectivity index (χ2v) is 6.07. The van der Waals surface area contributed by atoms with Gasteiger partial charge in [-0.15, -0.1) is 0 Å². The third-order valence-corrected chi connectivity index (χ3v) is 4.08. The molecule has 0 aliphatic carbocycles. The second kappa shape index (κ2) is 5.81. The number of nitrogens with one attached hydrogen (secondary N) is 1. The molecule has 110 valence electrons. The van der Waals surface area contributed by atoms with Gasteiger partial charge in [0.25, 0.3) is 5.91 Å². The summed E-state index contributed by atoms with van der Waals surface area (Å²) in [5.74, 6) is -1.32. The number of hydrogen-bond acceptors (Lipinski definition) is 3. The molecule has 6 heteroatoms. The number of amides is 3. The minimum atomic E-state index is -1.05. The molecule has 1 aliphatic heterocycles. The summed E-state index contributed by atoms with van der Waals surface area (Å²) in [6.45, 7) is 3.09. The molecule has 1 fully saturated rings. The van der Waals surface area contributed by atoms with E-state index < -0.39 is 17.4 Å². The number of carbonyl (C=O) groups excluding carboxylic acids is 3. The van der Waals surface area contributed by atoms with Crippen LogP contribution in [-0.4, -0.2) is 34.7 Å². The zero-order chi connectivity index (χ0) is 15.6. The highest BCUT2D eigenvalue weighted by Crippen LogP contribution is 2.20. The highest BCUT2D eigenvalue weighted by Gasteiger charge is 2.42. The molecule has 5 nitrogen and oxygen atoms in total. The first-order valence-electron chi connectivity index (χ1n) is 6.41. The van der Waals surface area contributed by atoms with Crippen molar-refractivity contribution in [3.8, 4) is 0 Å². The number of carbonyl (C=O) groups is 3. The number of imide groups is 1. The second-order valence-electron chi connectivity index (χ2n) is 5.22. The van der Waals surface area contributed by atoms with Crippen LogP contribution < -0.4 is 5.32 Å². The van der Waals surface area contributed by atoms with Gasteiger partial charge in [0.15, 0.2) is 0 Å². The lowest BCUT2D eigenvalue weighted by atomic mass is 9.98. The Morgan fingerprint density at radius 3 is 2.67 bits per heavy atom. The Morgan fingerprint density at radius 1 is 1.33 bits per heavy atom. The Kier molecular flexibility index (Phi) is 4.27. The van der Waals surface area contributed by atoms with Crippen LogP contribution in [0.4, 0.5) is 0 Å². The molecule has 1 aromatic rings. The molecule has 21 heavy (non-hydrogen) atoms. The van der Waals surface area contributed by atoms with Crippen molar-refractivity contribution < 1.29 is 14.4 Å². The van der Waals surface area contributed by atoms with Gasteiger partial charge in [0.1, 0.15) is 12.1 Å². The SMILES string of the molecule is CC1(C)C(=O)NC(=O)CN1C(=O)C=Cc1ccccc1Br. The summed E-state index contributed by atoms with van der Waals surface area (Å²) in [6, 6.07) is 7.45. The predicted molar refractivity (Wildman–Crippen MR) is 82.1 cm³/mol. The molecule has 0 saturated carbocycles. The van der Waals surface area contributed by atoms with Crippen molar-refractivity contribution in [2.75, 3.05) is 6.54 Å². The smallest absolute Gasteiger partial charge is 0.252 e. The molecule has 0 spiro atoms. The molecule has 1 aromatic carbocycles. The summed E-state index contributed by atoms with van der Waals surface area (Å²) < 4.78 is 0.862. The maximum atomic E-state index is 12.3. The van der Waals surface area contributed by atoms with Gasteiger partial charge in [0, 0.05) is 10.5 Å². The zero-order valence-electron chi connectivity index (χ0n) is 11.7. The molecule has 0 atom stereocenters. The number of rotatable bonds is 2. The van der Waals surface area contributed by atoms with Crippen LogP contribution in [0.5, 0.6) is 0 Å². The van der Waals surface area contributed by atoms with Crippen LogP contribution >= 0.6 is 15.9 Å². The molecule has 0 unspecified atom stereocenters. The first kappa shape index (κ1) is 15.4.